The minimum absolute atomic E-state index is 0.463. The number of aromatic nitrogens is 2. The number of aliphatic hydroxyl groups excluding tert-OH is 1. The second-order valence-corrected chi connectivity index (χ2v) is 5.93. The van der Waals surface area contributed by atoms with Crippen LogP contribution in [0.4, 0.5) is 5.82 Å². The van der Waals surface area contributed by atoms with Gasteiger partial charge >= 0.3 is 0 Å². The lowest BCUT2D eigenvalue weighted by Gasteiger charge is -2.31. The van der Waals surface area contributed by atoms with Gasteiger partial charge in [0.15, 0.2) is 0 Å². The van der Waals surface area contributed by atoms with Crippen LogP contribution in [0.25, 0.3) is 0 Å². The number of aliphatic hydroxyl groups is 1. The van der Waals surface area contributed by atoms with Gasteiger partial charge in [0.1, 0.15) is 12.1 Å². The van der Waals surface area contributed by atoms with E-state index in [9.17, 15) is 5.11 Å². The van der Waals surface area contributed by atoms with Crippen LogP contribution in [0.1, 0.15) is 22.9 Å². The van der Waals surface area contributed by atoms with Crippen molar-refractivity contribution in [1.82, 2.24) is 14.9 Å². The van der Waals surface area contributed by atoms with Gasteiger partial charge in [-0.25, -0.2) is 9.97 Å². The molecule has 1 aromatic carbocycles. The van der Waals surface area contributed by atoms with E-state index in [4.69, 9.17) is 0 Å². The average molecular weight is 298 g/mol. The fraction of sp³-hybridized carbons (Fsp3) is 0.412. The molecule has 0 radical (unpaired) electrons. The summed E-state index contributed by atoms with van der Waals surface area (Å²) in [5, 5.41) is 10.4. The van der Waals surface area contributed by atoms with Crippen molar-refractivity contribution in [3.8, 4) is 0 Å². The first-order chi connectivity index (χ1) is 10.6. The standard InChI is InChI=1S/C17H22N4O/c1-20(2)17-14-10-21(9-8-15(14)18-12-19-17)11-16(22)13-6-4-3-5-7-13/h3-7,12,16,22H,8-11H2,1-2H3/t16-/m0/s1. The summed E-state index contributed by atoms with van der Waals surface area (Å²) in [6.07, 6.45) is 2.08. The van der Waals surface area contributed by atoms with Gasteiger partial charge in [0.05, 0.1) is 11.8 Å². The highest BCUT2D eigenvalue weighted by atomic mass is 16.3. The summed E-state index contributed by atoms with van der Waals surface area (Å²) in [6, 6.07) is 9.83. The van der Waals surface area contributed by atoms with E-state index in [1.54, 1.807) is 6.33 Å². The summed E-state index contributed by atoms with van der Waals surface area (Å²) >= 11 is 0. The van der Waals surface area contributed by atoms with Crippen molar-refractivity contribution in [2.75, 3.05) is 32.1 Å². The molecule has 1 aliphatic rings. The van der Waals surface area contributed by atoms with Crippen LogP contribution in [-0.2, 0) is 13.0 Å². The van der Waals surface area contributed by atoms with Crippen LogP contribution in [0.2, 0.25) is 0 Å². The molecule has 0 spiro atoms. The van der Waals surface area contributed by atoms with E-state index >= 15 is 0 Å². The molecule has 2 heterocycles. The molecule has 116 valence electrons. The Morgan fingerprint density at radius 3 is 2.73 bits per heavy atom. The minimum Gasteiger partial charge on any atom is -0.387 e. The number of hydrogen-bond donors (Lipinski definition) is 1. The summed E-state index contributed by atoms with van der Waals surface area (Å²) in [6.45, 7) is 2.33. The quantitative estimate of drug-likeness (QED) is 0.930. The Bertz CT molecular complexity index is 630. The largest absolute Gasteiger partial charge is 0.387 e. The van der Waals surface area contributed by atoms with Gasteiger partial charge in [-0.3, -0.25) is 4.90 Å². The predicted octanol–water partition coefficient (Wildman–Crippen LogP) is 1.63. The van der Waals surface area contributed by atoms with Gasteiger partial charge in [-0.15, -0.1) is 0 Å². The van der Waals surface area contributed by atoms with E-state index < -0.39 is 6.10 Å². The van der Waals surface area contributed by atoms with Gasteiger partial charge in [-0.1, -0.05) is 30.3 Å². The maximum Gasteiger partial charge on any atom is 0.136 e. The number of hydrogen-bond acceptors (Lipinski definition) is 5. The summed E-state index contributed by atoms with van der Waals surface area (Å²) in [5.41, 5.74) is 3.27. The van der Waals surface area contributed by atoms with Crippen LogP contribution in [0.3, 0.4) is 0 Å². The zero-order valence-corrected chi connectivity index (χ0v) is 13.1. The number of anilines is 1. The number of rotatable bonds is 4. The third-order valence-corrected chi connectivity index (χ3v) is 4.10. The van der Waals surface area contributed by atoms with Gasteiger partial charge in [-0.05, 0) is 5.56 Å². The van der Waals surface area contributed by atoms with Crippen molar-refractivity contribution >= 4 is 5.82 Å². The maximum absolute atomic E-state index is 10.4. The molecule has 3 rings (SSSR count). The molecule has 0 fully saturated rings. The molecule has 0 unspecified atom stereocenters. The molecule has 5 heteroatoms. The molecule has 5 nitrogen and oxygen atoms in total. The molecular weight excluding hydrogens is 276 g/mol. The fourth-order valence-corrected chi connectivity index (χ4v) is 2.95. The predicted molar refractivity (Wildman–Crippen MR) is 86.7 cm³/mol. The highest BCUT2D eigenvalue weighted by Gasteiger charge is 2.23. The Labute approximate surface area is 131 Å². The number of benzene rings is 1. The SMILES string of the molecule is CN(C)c1ncnc2c1CN(C[C@H](O)c1ccccc1)CC2. The highest BCUT2D eigenvalue weighted by molar-refractivity contribution is 5.48. The zero-order chi connectivity index (χ0) is 15.5. The molecule has 0 saturated carbocycles. The Balaban J connectivity index is 1.74. The Kier molecular flexibility index (Phi) is 4.36. The molecule has 1 aromatic heterocycles. The van der Waals surface area contributed by atoms with Crippen molar-refractivity contribution in [3.63, 3.8) is 0 Å². The van der Waals surface area contributed by atoms with Crippen molar-refractivity contribution in [2.45, 2.75) is 19.1 Å². The molecule has 2 aromatic rings. The average Bonchev–Trinajstić information content (AvgIpc) is 2.55. The highest BCUT2D eigenvalue weighted by Crippen LogP contribution is 2.25. The van der Waals surface area contributed by atoms with Crippen LogP contribution < -0.4 is 4.90 Å². The second-order valence-electron chi connectivity index (χ2n) is 5.93. The van der Waals surface area contributed by atoms with Crippen LogP contribution in [0, 0.1) is 0 Å². The van der Waals surface area contributed by atoms with Crippen molar-refractivity contribution < 1.29 is 5.11 Å². The number of fused-ring (bicyclic) bond motifs is 1. The zero-order valence-electron chi connectivity index (χ0n) is 13.1. The van der Waals surface area contributed by atoms with Crippen LogP contribution in [0.15, 0.2) is 36.7 Å². The van der Waals surface area contributed by atoms with E-state index in [0.29, 0.717) is 6.54 Å². The van der Waals surface area contributed by atoms with E-state index in [2.05, 4.69) is 14.9 Å². The van der Waals surface area contributed by atoms with Gasteiger partial charge in [0.25, 0.3) is 0 Å². The van der Waals surface area contributed by atoms with Gasteiger partial charge < -0.3 is 10.0 Å². The normalized spacial score (nSPS) is 16.1. The van der Waals surface area contributed by atoms with Crippen molar-refractivity contribution in [3.05, 3.63) is 53.5 Å². The molecule has 1 N–H and O–H groups in total. The molecule has 1 atom stereocenters. The first kappa shape index (κ1) is 14.9. The van der Waals surface area contributed by atoms with E-state index in [1.165, 1.54) is 5.56 Å². The van der Waals surface area contributed by atoms with Gasteiger partial charge in [0.2, 0.25) is 0 Å². The number of β-amino-alcohol motifs (C(OH)–C–C–N with tert-alkyl or cyclic N) is 1. The summed E-state index contributed by atoms with van der Waals surface area (Å²) in [5.74, 6) is 0.976. The third kappa shape index (κ3) is 3.10. The smallest absolute Gasteiger partial charge is 0.136 e. The summed E-state index contributed by atoms with van der Waals surface area (Å²) in [7, 11) is 4.00. The minimum atomic E-state index is -0.463. The van der Waals surface area contributed by atoms with Gasteiger partial charge in [-0.2, -0.15) is 0 Å². The molecule has 0 saturated heterocycles. The Morgan fingerprint density at radius 2 is 2.00 bits per heavy atom. The van der Waals surface area contributed by atoms with Gasteiger partial charge in [0, 0.05) is 45.7 Å². The summed E-state index contributed by atoms with van der Waals surface area (Å²) in [4.78, 5) is 13.1. The Hall–Kier alpha value is -1.98. The third-order valence-electron chi connectivity index (χ3n) is 4.10. The van der Waals surface area contributed by atoms with E-state index in [-0.39, 0.29) is 0 Å². The maximum atomic E-state index is 10.4. The summed E-state index contributed by atoms with van der Waals surface area (Å²) < 4.78 is 0. The topological polar surface area (TPSA) is 52.5 Å². The van der Waals surface area contributed by atoms with Crippen molar-refractivity contribution in [1.29, 1.82) is 0 Å². The van der Waals surface area contributed by atoms with E-state index in [0.717, 1.165) is 36.6 Å². The van der Waals surface area contributed by atoms with Crippen molar-refractivity contribution in [2.24, 2.45) is 0 Å². The number of nitrogens with zero attached hydrogens (tertiary/aromatic N) is 4. The fourth-order valence-electron chi connectivity index (χ4n) is 2.95. The molecule has 1 aliphatic heterocycles. The van der Waals surface area contributed by atoms with Crippen LogP contribution in [-0.4, -0.2) is 47.2 Å². The van der Waals surface area contributed by atoms with Crippen LogP contribution in [0.5, 0.6) is 0 Å². The molecular formula is C17H22N4O. The molecule has 0 aliphatic carbocycles. The lowest BCUT2D eigenvalue weighted by molar-refractivity contribution is 0.105. The molecule has 22 heavy (non-hydrogen) atoms. The monoisotopic (exact) mass is 298 g/mol. The molecule has 0 amide bonds. The van der Waals surface area contributed by atoms with Crippen LogP contribution >= 0.6 is 0 Å². The lowest BCUT2D eigenvalue weighted by Crippen LogP contribution is -2.35. The first-order valence-corrected chi connectivity index (χ1v) is 7.60. The molecule has 0 bridgehead atoms. The second kappa shape index (κ2) is 6.42. The van der Waals surface area contributed by atoms with E-state index in [1.807, 2.05) is 49.3 Å². The first-order valence-electron chi connectivity index (χ1n) is 7.60. The lowest BCUT2D eigenvalue weighted by atomic mass is 10.0. The Morgan fingerprint density at radius 1 is 1.23 bits per heavy atom.